The summed E-state index contributed by atoms with van der Waals surface area (Å²) < 4.78 is 5.54. The van der Waals surface area contributed by atoms with E-state index in [9.17, 15) is 4.79 Å². The summed E-state index contributed by atoms with van der Waals surface area (Å²) in [5.74, 6) is 1.32. The van der Waals surface area contributed by atoms with Crippen LogP contribution in [0.5, 0.6) is 5.75 Å². The number of aryl methyl sites for hydroxylation is 1. The Kier molecular flexibility index (Phi) is 6.30. The third kappa shape index (κ3) is 3.64. The number of hydrogen-bond acceptors (Lipinski definition) is 3. The molecular formula is C15H23ClN2O2. The number of ether oxygens (including phenoxy) is 1. The second-order valence-electron chi connectivity index (χ2n) is 5.05. The molecule has 1 heterocycles. The van der Waals surface area contributed by atoms with Crippen molar-refractivity contribution < 1.29 is 9.53 Å². The van der Waals surface area contributed by atoms with Crippen LogP contribution in [0.4, 0.5) is 0 Å². The molecule has 1 aromatic rings. The summed E-state index contributed by atoms with van der Waals surface area (Å²) in [6.45, 7) is 6.77. The largest absolute Gasteiger partial charge is 0.494 e. The summed E-state index contributed by atoms with van der Waals surface area (Å²) in [5.41, 5.74) is 7.42. The van der Waals surface area contributed by atoms with Gasteiger partial charge in [-0.15, -0.1) is 12.4 Å². The zero-order valence-electron chi connectivity index (χ0n) is 12.1. The minimum absolute atomic E-state index is 0. The molecule has 1 aliphatic heterocycles. The minimum Gasteiger partial charge on any atom is -0.494 e. The summed E-state index contributed by atoms with van der Waals surface area (Å²) >= 11 is 0. The lowest BCUT2D eigenvalue weighted by molar-refractivity contribution is 0.0787. The molecule has 4 nitrogen and oxygen atoms in total. The van der Waals surface area contributed by atoms with Crippen molar-refractivity contribution >= 4 is 18.3 Å². The average Bonchev–Trinajstić information content (AvgIpc) is 2.89. The Morgan fingerprint density at radius 2 is 2.25 bits per heavy atom. The van der Waals surface area contributed by atoms with Crippen molar-refractivity contribution in [3.8, 4) is 5.75 Å². The second-order valence-corrected chi connectivity index (χ2v) is 5.05. The number of hydrogen-bond donors (Lipinski definition) is 1. The van der Waals surface area contributed by atoms with E-state index in [0.29, 0.717) is 24.6 Å². The maximum atomic E-state index is 12.4. The highest BCUT2D eigenvalue weighted by Gasteiger charge is 2.26. The van der Waals surface area contributed by atoms with Gasteiger partial charge in [0.25, 0.3) is 5.91 Å². The van der Waals surface area contributed by atoms with Gasteiger partial charge in [-0.1, -0.05) is 6.07 Å². The van der Waals surface area contributed by atoms with Gasteiger partial charge in [-0.3, -0.25) is 4.79 Å². The number of nitrogens with two attached hydrogens (primary N) is 1. The first-order valence-electron chi connectivity index (χ1n) is 6.88. The third-order valence-electron chi connectivity index (χ3n) is 3.64. The highest BCUT2D eigenvalue weighted by atomic mass is 35.5. The predicted octanol–water partition coefficient (Wildman–Crippen LogP) is 2.24. The number of rotatable bonds is 4. The summed E-state index contributed by atoms with van der Waals surface area (Å²) in [5, 5.41) is 0. The Labute approximate surface area is 126 Å². The van der Waals surface area contributed by atoms with Crippen LogP contribution in [0.3, 0.4) is 0 Å². The van der Waals surface area contributed by atoms with Crippen molar-refractivity contribution in [1.29, 1.82) is 0 Å². The molecule has 2 rings (SSSR count). The minimum atomic E-state index is 0. The summed E-state index contributed by atoms with van der Waals surface area (Å²) in [4.78, 5) is 14.3. The standard InChI is InChI=1S/C15H22N2O2.ClH/c1-3-19-14-8-13(5-4-11(14)2)15(18)17-7-6-12(9-16)10-17;/h4-5,8,12H,3,6-7,9-10,16H2,1-2H3;1H. The second kappa shape index (κ2) is 7.50. The van der Waals surface area contributed by atoms with Gasteiger partial charge in [0, 0.05) is 18.7 Å². The van der Waals surface area contributed by atoms with Crippen LogP contribution in [0.1, 0.15) is 29.3 Å². The number of nitrogens with zero attached hydrogens (tertiary/aromatic N) is 1. The normalized spacial score (nSPS) is 17.8. The molecule has 112 valence electrons. The van der Waals surface area contributed by atoms with Gasteiger partial charge in [-0.05, 0) is 50.4 Å². The highest BCUT2D eigenvalue weighted by molar-refractivity contribution is 5.95. The number of benzene rings is 1. The molecular weight excluding hydrogens is 276 g/mol. The molecule has 20 heavy (non-hydrogen) atoms. The van der Waals surface area contributed by atoms with Gasteiger partial charge in [0.05, 0.1) is 6.61 Å². The van der Waals surface area contributed by atoms with Crippen LogP contribution in [0.25, 0.3) is 0 Å². The first-order chi connectivity index (χ1) is 9.15. The van der Waals surface area contributed by atoms with E-state index in [4.69, 9.17) is 10.5 Å². The molecule has 0 spiro atoms. The van der Waals surface area contributed by atoms with Crippen molar-refractivity contribution in [2.45, 2.75) is 20.3 Å². The molecule has 5 heteroatoms. The molecule has 0 saturated carbocycles. The smallest absolute Gasteiger partial charge is 0.253 e. The van der Waals surface area contributed by atoms with Crippen molar-refractivity contribution in [3.05, 3.63) is 29.3 Å². The highest BCUT2D eigenvalue weighted by Crippen LogP contribution is 2.23. The molecule has 1 atom stereocenters. The van der Waals surface area contributed by atoms with E-state index in [-0.39, 0.29) is 18.3 Å². The fraction of sp³-hybridized carbons (Fsp3) is 0.533. The van der Waals surface area contributed by atoms with E-state index < -0.39 is 0 Å². The number of carbonyl (C=O) groups excluding carboxylic acids is 1. The lowest BCUT2D eigenvalue weighted by Gasteiger charge is -2.17. The van der Waals surface area contributed by atoms with Gasteiger partial charge in [-0.25, -0.2) is 0 Å². The zero-order valence-corrected chi connectivity index (χ0v) is 12.9. The van der Waals surface area contributed by atoms with Crippen LogP contribution in [0, 0.1) is 12.8 Å². The molecule has 1 amide bonds. The summed E-state index contributed by atoms with van der Waals surface area (Å²) in [7, 11) is 0. The quantitative estimate of drug-likeness (QED) is 0.927. The summed E-state index contributed by atoms with van der Waals surface area (Å²) in [6, 6.07) is 5.65. The molecule has 0 radical (unpaired) electrons. The molecule has 0 aliphatic carbocycles. The fourth-order valence-electron chi connectivity index (χ4n) is 2.44. The molecule has 1 saturated heterocycles. The Hall–Kier alpha value is -1.26. The van der Waals surface area contributed by atoms with Gasteiger partial charge in [0.1, 0.15) is 5.75 Å². The van der Waals surface area contributed by atoms with Crippen molar-refractivity contribution in [3.63, 3.8) is 0 Å². The van der Waals surface area contributed by atoms with Gasteiger partial charge in [-0.2, -0.15) is 0 Å². The summed E-state index contributed by atoms with van der Waals surface area (Å²) in [6.07, 6.45) is 1.01. The number of carbonyl (C=O) groups is 1. The lowest BCUT2D eigenvalue weighted by atomic mass is 10.1. The molecule has 0 aromatic heterocycles. The molecule has 2 N–H and O–H groups in total. The van der Waals surface area contributed by atoms with Crippen LogP contribution in [0.2, 0.25) is 0 Å². The topological polar surface area (TPSA) is 55.6 Å². The van der Waals surface area contributed by atoms with E-state index >= 15 is 0 Å². The van der Waals surface area contributed by atoms with Crippen LogP contribution in [-0.4, -0.2) is 37.0 Å². The van der Waals surface area contributed by atoms with Crippen LogP contribution >= 0.6 is 12.4 Å². The van der Waals surface area contributed by atoms with E-state index in [1.807, 2.05) is 36.9 Å². The first-order valence-corrected chi connectivity index (χ1v) is 6.88. The monoisotopic (exact) mass is 298 g/mol. The van der Waals surface area contributed by atoms with Crippen molar-refractivity contribution in [2.75, 3.05) is 26.2 Å². The van der Waals surface area contributed by atoms with Gasteiger partial charge in [0.15, 0.2) is 0 Å². The lowest BCUT2D eigenvalue weighted by Crippen LogP contribution is -2.29. The zero-order chi connectivity index (χ0) is 13.8. The van der Waals surface area contributed by atoms with Crippen LogP contribution < -0.4 is 10.5 Å². The fourth-order valence-corrected chi connectivity index (χ4v) is 2.44. The maximum Gasteiger partial charge on any atom is 0.253 e. The van der Waals surface area contributed by atoms with Crippen LogP contribution in [0.15, 0.2) is 18.2 Å². The molecule has 1 aliphatic rings. The first kappa shape index (κ1) is 16.8. The molecule has 1 unspecified atom stereocenters. The number of halogens is 1. The average molecular weight is 299 g/mol. The molecule has 0 bridgehead atoms. The van der Waals surface area contributed by atoms with E-state index in [1.165, 1.54) is 0 Å². The van der Waals surface area contributed by atoms with Crippen molar-refractivity contribution in [2.24, 2.45) is 11.7 Å². The third-order valence-corrected chi connectivity index (χ3v) is 3.64. The van der Waals surface area contributed by atoms with E-state index in [0.717, 1.165) is 30.8 Å². The van der Waals surface area contributed by atoms with Crippen LogP contribution in [-0.2, 0) is 0 Å². The number of amides is 1. The Balaban J connectivity index is 0.00000200. The Morgan fingerprint density at radius 3 is 2.85 bits per heavy atom. The van der Waals surface area contributed by atoms with Gasteiger partial charge in [0.2, 0.25) is 0 Å². The predicted molar refractivity (Wildman–Crippen MR) is 82.7 cm³/mol. The SMILES string of the molecule is CCOc1cc(C(=O)N2CCC(CN)C2)ccc1C.Cl. The number of likely N-dealkylation sites (tertiary alicyclic amines) is 1. The maximum absolute atomic E-state index is 12.4. The van der Waals surface area contributed by atoms with Gasteiger partial charge >= 0.3 is 0 Å². The Morgan fingerprint density at radius 1 is 1.50 bits per heavy atom. The van der Waals surface area contributed by atoms with Gasteiger partial charge < -0.3 is 15.4 Å². The molecule has 1 fully saturated rings. The van der Waals surface area contributed by atoms with E-state index in [2.05, 4.69) is 0 Å². The Bertz CT molecular complexity index is 465. The molecule has 1 aromatic carbocycles. The van der Waals surface area contributed by atoms with E-state index in [1.54, 1.807) is 0 Å². The van der Waals surface area contributed by atoms with Crippen molar-refractivity contribution in [1.82, 2.24) is 4.90 Å².